The van der Waals surface area contributed by atoms with E-state index in [1.165, 1.54) is 12.1 Å². The third kappa shape index (κ3) is 3.53. The summed E-state index contributed by atoms with van der Waals surface area (Å²) in [6, 6.07) is 7.98. The molecule has 1 N–H and O–H groups in total. The maximum Gasteiger partial charge on any atom is 0.253 e. The number of nitrogens with one attached hydrogen (secondary N) is 1. The molecule has 2 aromatic heterocycles. The van der Waals surface area contributed by atoms with Gasteiger partial charge in [0.25, 0.3) is 5.91 Å². The van der Waals surface area contributed by atoms with Gasteiger partial charge in [-0.2, -0.15) is 5.10 Å². The van der Waals surface area contributed by atoms with E-state index in [-0.39, 0.29) is 11.7 Å². The molecule has 0 saturated heterocycles. The van der Waals surface area contributed by atoms with Crippen LogP contribution >= 0.6 is 0 Å². The van der Waals surface area contributed by atoms with Crippen LogP contribution in [0.5, 0.6) is 0 Å². The van der Waals surface area contributed by atoms with Crippen LogP contribution in [0.4, 0.5) is 4.39 Å². The summed E-state index contributed by atoms with van der Waals surface area (Å²) in [5.74, 6) is -0.498. The number of pyridine rings is 1. The number of amides is 1. The molecule has 0 spiro atoms. The molecule has 0 aliphatic carbocycles. The largest absolute Gasteiger partial charge is 0.352 e. The highest BCUT2D eigenvalue weighted by Crippen LogP contribution is 2.17. The van der Waals surface area contributed by atoms with E-state index in [0.29, 0.717) is 23.3 Å². The summed E-state index contributed by atoms with van der Waals surface area (Å²) >= 11 is 0. The minimum absolute atomic E-state index is 0.165. The summed E-state index contributed by atoms with van der Waals surface area (Å²) < 4.78 is 15.0. The Kier molecular flexibility index (Phi) is 4.32. The number of benzene rings is 1. The van der Waals surface area contributed by atoms with Crippen LogP contribution in [0.15, 0.2) is 42.7 Å². The molecule has 0 radical (unpaired) electrons. The van der Waals surface area contributed by atoms with Gasteiger partial charge in [-0.3, -0.25) is 14.5 Å². The van der Waals surface area contributed by atoms with Crippen molar-refractivity contribution in [3.63, 3.8) is 0 Å². The summed E-state index contributed by atoms with van der Waals surface area (Å²) in [5, 5.41) is 7.74. The number of rotatable bonds is 5. The van der Waals surface area contributed by atoms with E-state index in [9.17, 15) is 9.18 Å². The van der Waals surface area contributed by atoms with Crippen molar-refractivity contribution in [3.8, 4) is 0 Å². The zero-order chi connectivity index (χ0) is 16.2. The van der Waals surface area contributed by atoms with Gasteiger partial charge in [-0.05, 0) is 37.6 Å². The Morgan fingerprint density at radius 3 is 3.00 bits per heavy atom. The summed E-state index contributed by atoms with van der Waals surface area (Å²) in [4.78, 5) is 16.6. The van der Waals surface area contributed by atoms with Crippen molar-refractivity contribution >= 4 is 16.8 Å². The molecule has 0 aliphatic rings. The lowest BCUT2D eigenvalue weighted by atomic mass is 10.1. The van der Waals surface area contributed by atoms with Crippen molar-refractivity contribution in [1.82, 2.24) is 20.1 Å². The minimum atomic E-state index is -0.333. The highest BCUT2D eigenvalue weighted by Gasteiger charge is 2.11. The summed E-state index contributed by atoms with van der Waals surface area (Å²) in [7, 11) is 0. The molecule has 1 aromatic carbocycles. The molecule has 5 nitrogen and oxygen atoms in total. The van der Waals surface area contributed by atoms with Crippen molar-refractivity contribution in [2.45, 2.75) is 19.9 Å². The molecule has 1 amide bonds. The molecule has 0 bridgehead atoms. The summed E-state index contributed by atoms with van der Waals surface area (Å²) in [5.41, 5.74) is 1.66. The van der Waals surface area contributed by atoms with Crippen molar-refractivity contribution in [3.05, 3.63) is 59.8 Å². The number of hydrogen-bond donors (Lipinski definition) is 1. The predicted octanol–water partition coefficient (Wildman–Crippen LogP) is 2.70. The number of nitrogens with zero attached hydrogens (tertiary/aromatic N) is 3. The second kappa shape index (κ2) is 6.56. The topological polar surface area (TPSA) is 59.8 Å². The lowest BCUT2D eigenvalue weighted by molar-refractivity contribution is 0.0951. The second-order valence-electron chi connectivity index (χ2n) is 5.34. The Hall–Kier alpha value is -2.76. The van der Waals surface area contributed by atoms with Crippen molar-refractivity contribution in [2.24, 2.45) is 0 Å². The molecule has 6 heteroatoms. The van der Waals surface area contributed by atoms with E-state index in [1.54, 1.807) is 25.3 Å². The number of halogens is 1. The highest BCUT2D eigenvalue weighted by atomic mass is 19.1. The van der Waals surface area contributed by atoms with E-state index in [1.807, 2.05) is 16.9 Å². The van der Waals surface area contributed by atoms with Gasteiger partial charge in [-0.25, -0.2) is 4.39 Å². The molecule has 3 rings (SSSR count). The summed E-state index contributed by atoms with van der Waals surface area (Å²) in [6.07, 6.45) is 4.41. The van der Waals surface area contributed by atoms with E-state index < -0.39 is 0 Å². The fraction of sp³-hybridized carbons (Fsp3) is 0.235. The molecule has 3 aromatic rings. The first-order valence-electron chi connectivity index (χ1n) is 7.46. The molecule has 2 heterocycles. The first-order valence-corrected chi connectivity index (χ1v) is 7.46. The maximum atomic E-state index is 13.2. The van der Waals surface area contributed by atoms with Gasteiger partial charge in [-0.15, -0.1) is 0 Å². The number of carbonyl (C=O) groups is 1. The standard InChI is InChI=1S/C17H17FN4O/c1-12-15(10-13-4-5-14(18)11-16(13)21-12)17(23)19-6-2-8-22-9-3-7-20-22/h3-5,7,9-11H,2,6,8H2,1H3,(H,19,23). The molecular weight excluding hydrogens is 295 g/mol. The van der Waals surface area contributed by atoms with Crippen LogP contribution in [-0.2, 0) is 6.54 Å². The zero-order valence-corrected chi connectivity index (χ0v) is 12.8. The number of carbonyl (C=O) groups excluding carboxylic acids is 1. The SMILES string of the molecule is Cc1nc2cc(F)ccc2cc1C(=O)NCCCn1cccn1. The lowest BCUT2D eigenvalue weighted by Gasteiger charge is -2.09. The Morgan fingerprint density at radius 1 is 1.35 bits per heavy atom. The van der Waals surface area contributed by atoms with Gasteiger partial charge in [0.05, 0.1) is 16.8 Å². The van der Waals surface area contributed by atoms with Crippen molar-refractivity contribution < 1.29 is 9.18 Å². The highest BCUT2D eigenvalue weighted by molar-refractivity contribution is 5.98. The van der Waals surface area contributed by atoms with Crippen LogP contribution in [0.1, 0.15) is 22.5 Å². The van der Waals surface area contributed by atoms with E-state index in [4.69, 9.17) is 0 Å². The maximum absolute atomic E-state index is 13.2. The third-order valence-corrected chi connectivity index (χ3v) is 3.62. The molecule has 0 fully saturated rings. The van der Waals surface area contributed by atoms with Crippen LogP contribution in [0, 0.1) is 12.7 Å². The molecule has 0 saturated carbocycles. The first kappa shape index (κ1) is 15.1. The monoisotopic (exact) mass is 312 g/mol. The fourth-order valence-corrected chi connectivity index (χ4v) is 2.44. The molecule has 118 valence electrons. The van der Waals surface area contributed by atoms with E-state index >= 15 is 0 Å². The molecule has 0 unspecified atom stereocenters. The molecule has 0 aliphatic heterocycles. The normalized spacial score (nSPS) is 10.9. The van der Waals surface area contributed by atoms with Crippen LogP contribution in [-0.4, -0.2) is 27.2 Å². The average molecular weight is 312 g/mol. The number of aromatic nitrogens is 3. The van der Waals surface area contributed by atoms with Crippen LogP contribution in [0.25, 0.3) is 10.9 Å². The Bertz CT molecular complexity index is 830. The predicted molar refractivity (Wildman–Crippen MR) is 85.6 cm³/mol. The summed E-state index contributed by atoms with van der Waals surface area (Å²) in [6.45, 7) is 3.06. The smallest absolute Gasteiger partial charge is 0.253 e. The number of hydrogen-bond acceptors (Lipinski definition) is 3. The van der Waals surface area contributed by atoms with Crippen molar-refractivity contribution in [2.75, 3.05) is 6.54 Å². The van der Waals surface area contributed by atoms with Crippen LogP contribution in [0.3, 0.4) is 0 Å². The number of aryl methyl sites for hydroxylation is 2. The van der Waals surface area contributed by atoms with Gasteiger partial charge in [0.2, 0.25) is 0 Å². The van der Waals surface area contributed by atoms with Gasteiger partial charge < -0.3 is 5.32 Å². The molecule has 0 atom stereocenters. The quantitative estimate of drug-likeness (QED) is 0.737. The molecular formula is C17H17FN4O. The lowest BCUT2D eigenvalue weighted by Crippen LogP contribution is -2.26. The van der Waals surface area contributed by atoms with Gasteiger partial charge >= 0.3 is 0 Å². The first-order chi connectivity index (χ1) is 11.1. The Labute approximate surface area is 133 Å². The van der Waals surface area contributed by atoms with E-state index in [0.717, 1.165) is 18.4 Å². The number of fused-ring (bicyclic) bond motifs is 1. The average Bonchev–Trinajstić information content (AvgIpc) is 3.04. The fourth-order valence-electron chi connectivity index (χ4n) is 2.44. The Balaban J connectivity index is 1.65. The third-order valence-electron chi connectivity index (χ3n) is 3.62. The minimum Gasteiger partial charge on any atom is -0.352 e. The van der Waals surface area contributed by atoms with Gasteiger partial charge in [0, 0.05) is 36.9 Å². The van der Waals surface area contributed by atoms with Crippen LogP contribution in [0.2, 0.25) is 0 Å². The van der Waals surface area contributed by atoms with Gasteiger partial charge in [-0.1, -0.05) is 0 Å². The Morgan fingerprint density at radius 2 is 2.22 bits per heavy atom. The molecule has 23 heavy (non-hydrogen) atoms. The van der Waals surface area contributed by atoms with E-state index in [2.05, 4.69) is 15.4 Å². The van der Waals surface area contributed by atoms with Gasteiger partial charge in [0.1, 0.15) is 5.82 Å². The second-order valence-corrected chi connectivity index (χ2v) is 5.34. The van der Waals surface area contributed by atoms with Gasteiger partial charge in [0.15, 0.2) is 0 Å². The zero-order valence-electron chi connectivity index (χ0n) is 12.8. The van der Waals surface area contributed by atoms with Crippen molar-refractivity contribution in [1.29, 1.82) is 0 Å². The van der Waals surface area contributed by atoms with Crippen LogP contribution < -0.4 is 5.32 Å².